The van der Waals surface area contributed by atoms with E-state index in [-0.39, 0.29) is 49.8 Å². The van der Waals surface area contributed by atoms with E-state index in [1.165, 1.54) is 0 Å². The summed E-state index contributed by atoms with van der Waals surface area (Å²) in [7, 11) is 0. The number of allylic oxidation sites excluding steroid dienone is 2. The van der Waals surface area contributed by atoms with Crippen LogP contribution in [0.5, 0.6) is 0 Å². The number of hydrogen-bond donors (Lipinski definition) is 2. The Balaban J connectivity index is 2.15. The molecule has 2 aliphatic rings. The number of carbonyl (C=O) groups is 1. The summed E-state index contributed by atoms with van der Waals surface area (Å²) in [5.74, 6) is 2.15. The second-order valence-electron chi connectivity index (χ2n) is 6.58. The van der Waals surface area contributed by atoms with Gasteiger partial charge in [-0.3, -0.25) is 0 Å². The van der Waals surface area contributed by atoms with E-state index in [0.29, 0.717) is 12.8 Å². The molecule has 2 rings (SSSR count). The van der Waals surface area contributed by atoms with Crippen LogP contribution in [-0.2, 0) is 9.53 Å². The minimum absolute atomic E-state index is 0.0286. The molecule has 0 bridgehead atoms. The fourth-order valence-corrected chi connectivity index (χ4v) is 5.24. The van der Waals surface area contributed by atoms with E-state index in [1.54, 1.807) is 0 Å². The first-order chi connectivity index (χ1) is 10.5. The average Bonchev–Trinajstić information content (AvgIpc) is 2.83. The number of hydrogen-bond acceptors (Lipinski definition) is 4. The van der Waals surface area contributed by atoms with Gasteiger partial charge in [0.2, 0.25) is 0 Å². The Kier molecular flexibility index (Phi) is 6.94. The number of fused-ring (bicyclic) bond motifs is 1. The molecule has 126 valence electrons. The van der Waals surface area contributed by atoms with Gasteiger partial charge in [-0.05, 0) is 0 Å². The van der Waals surface area contributed by atoms with Crippen molar-refractivity contribution in [3.05, 3.63) is 12.2 Å². The van der Waals surface area contributed by atoms with Gasteiger partial charge in [0.25, 0.3) is 0 Å². The van der Waals surface area contributed by atoms with Crippen LogP contribution >= 0.6 is 0 Å². The van der Waals surface area contributed by atoms with Crippen LogP contribution in [0.2, 0.25) is 10.6 Å². The van der Waals surface area contributed by atoms with Crippen molar-refractivity contribution in [2.45, 2.75) is 74.4 Å². The van der Waals surface area contributed by atoms with Crippen LogP contribution in [0.25, 0.3) is 0 Å². The zero-order valence-electron chi connectivity index (χ0n) is 13.5. The second-order valence-corrected chi connectivity index (χ2v) is 8.84. The van der Waals surface area contributed by atoms with E-state index in [1.807, 2.05) is 6.92 Å². The fraction of sp³-hybridized carbons (Fsp3) is 0.824. The van der Waals surface area contributed by atoms with E-state index in [9.17, 15) is 15.0 Å². The summed E-state index contributed by atoms with van der Waals surface area (Å²) in [6.45, 7) is 1.94. The van der Waals surface area contributed by atoms with Gasteiger partial charge in [-0.15, -0.1) is 0 Å². The minimum atomic E-state index is -0.527. The van der Waals surface area contributed by atoms with Crippen LogP contribution in [0.4, 0.5) is 0 Å². The molecule has 5 heteroatoms. The first-order valence-electron chi connectivity index (χ1n) is 8.26. The Morgan fingerprint density at radius 2 is 2.09 bits per heavy atom. The van der Waals surface area contributed by atoms with Gasteiger partial charge >= 0.3 is 139 Å². The first kappa shape index (κ1) is 18.0. The molecule has 2 N–H and O–H groups in total. The summed E-state index contributed by atoms with van der Waals surface area (Å²) in [5.41, 5.74) is 0. The molecular formula is C17H28O4Se. The van der Waals surface area contributed by atoms with E-state index < -0.39 is 6.10 Å². The molecule has 0 aromatic carbocycles. The topological polar surface area (TPSA) is 66.8 Å². The zero-order chi connectivity index (χ0) is 16.1. The summed E-state index contributed by atoms with van der Waals surface area (Å²) in [5, 5.41) is 20.7. The predicted octanol–water partition coefficient (Wildman–Crippen LogP) is 2.34. The molecule has 1 aliphatic heterocycles. The number of carbonyl (C=O) groups excluding carboxylic acids is 1. The molecule has 0 radical (unpaired) electrons. The Morgan fingerprint density at radius 1 is 1.32 bits per heavy atom. The maximum atomic E-state index is 12.1. The summed E-state index contributed by atoms with van der Waals surface area (Å²) in [6.07, 6.45) is 7.91. The van der Waals surface area contributed by atoms with Crippen LogP contribution in [0.15, 0.2) is 12.2 Å². The van der Waals surface area contributed by atoms with Crippen molar-refractivity contribution in [3.8, 4) is 0 Å². The van der Waals surface area contributed by atoms with Crippen molar-refractivity contribution < 1.29 is 19.7 Å². The predicted molar refractivity (Wildman–Crippen MR) is 86.8 cm³/mol. The van der Waals surface area contributed by atoms with Crippen molar-refractivity contribution in [2.75, 3.05) is 0 Å². The molecule has 1 aliphatic carbocycles. The molecule has 1 saturated carbocycles. The number of aliphatic hydroxyl groups is 2. The van der Waals surface area contributed by atoms with Crippen LogP contribution < -0.4 is 0 Å². The summed E-state index contributed by atoms with van der Waals surface area (Å²) in [4.78, 5) is 12.0. The maximum absolute atomic E-state index is 12.1. The molecule has 1 fully saturated rings. The Morgan fingerprint density at radius 3 is 2.82 bits per heavy atom. The summed E-state index contributed by atoms with van der Waals surface area (Å²) in [6, 6.07) is 0. The molecule has 0 unspecified atom stereocenters. The fourth-order valence-electron chi connectivity index (χ4n) is 3.60. The number of aliphatic hydroxyl groups excluding tert-OH is 2. The third-order valence-corrected chi connectivity index (χ3v) is 7.03. The molecule has 0 aromatic rings. The average molecular weight is 375 g/mol. The summed E-state index contributed by atoms with van der Waals surface area (Å²) < 4.78 is 5.46. The van der Waals surface area contributed by atoms with E-state index >= 15 is 0 Å². The van der Waals surface area contributed by atoms with Crippen molar-refractivity contribution >= 4 is 20.9 Å². The Bertz CT molecular complexity index is 398. The summed E-state index contributed by atoms with van der Waals surface area (Å²) >= 11 is 0.170. The molecule has 0 spiro atoms. The van der Waals surface area contributed by atoms with Crippen LogP contribution in [0.1, 0.15) is 45.4 Å². The first-order valence-corrected chi connectivity index (χ1v) is 11.0. The molecule has 0 amide bonds. The quantitative estimate of drug-likeness (QED) is 0.419. The van der Waals surface area contributed by atoms with Gasteiger partial charge < -0.3 is 0 Å². The van der Waals surface area contributed by atoms with Gasteiger partial charge in [-0.2, -0.15) is 0 Å². The van der Waals surface area contributed by atoms with Crippen molar-refractivity contribution in [1.82, 2.24) is 0 Å². The van der Waals surface area contributed by atoms with E-state index in [0.717, 1.165) is 25.7 Å². The molecular weight excluding hydrogens is 347 g/mol. The molecule has 0 saturated heterocycles. The Hall–Kier alpha value is -0.351. The number of cyclic esters (lactones) is 1. The monoisotopic (exact) mass is 376 g/mol. The molecule has 1 heterocycles. The van der Waals surface area contributed by atoms with E-state index in [4.69, 9.17) is 4.74 Å². The SMILES string of the molecule is C[Se][C@@H]1CC(=O)O[C@@H](C)CCC/C=C/[C@@H]2C[C@H](O)C[C@H]2[C@@H]1O. The van der Waals surface area contributed by atoms with Crippen molar-refractivity contribution in [1.29, 1.82) is 0 Å². The van der Waals surface area contributed by atoms with Crippen LogP contribution in [-0.4, -0.2) is 49.5 Å². The van der Waals surface area contributed by atoms with Gasteiger partial charge in [0.15, 0.2) is 0 Å². The molecule has 0 aromatic heterocycles. The van der Waals surface area contributed by atoms with Gasteiger partial charge in [0.05, 0.1) is 0 Å². The van der Waals surface area contributed by atoms with Gasteiger partial charge in [-0.1, -0.05) is 0 Å². The Labute approximate surface area is 139 Å². The van der Waals surface area contributed by atoms with Crippen LogP contribution in [0, 0.1) is 11.8 Å². The third-order valence-electron chi connectivity index (χ3n) is 4.83. The number of esters is 1. The number of rotatable bonds is 1. The van der Waals surface area contributed by atoms with Crippen molar-refractivity contribution in [2.24, 2.45) is 11.8 Å². The van der Waals surface area contributed by atoms with Gasteiger partial charge in [0, 0.05) is 0 Å². The zero-order valence-corrected chi connectivity index (χ0v) is 15.2. The van der Waals surface area contributed by atoms with Gasteiger partial charge in [-0.25, -0.2) is 0 Å². The molecule has 22 heavy (non-hydrogen) atoms. The molecule has 4 nitrogen and oxygen atoms in total. The second kappa shape index (κ2) is 8.49. The number of ether oxygens (including phenoxy) is 1. The van der Waals surface area contributed by atoms with Gasteiger partial charge in [0.1, 0.15) is 0 Å². The van der Waals surface area contributed by atoms with E-state index in [2.05, 4.69) is 18.0 Å². The molecule has 6 atom stereocenters. The standard InChI is InChI=1S/C17H28O4Se/c1-11-6-4-3-5-7-12-8-13(18)9-14(12)17(20)15(22-2)10-16(19)21-11/h5,7,11-15,17-18,20H,3-4,6,8-10H2,1-2H3/b7-5+/t11-,12+,13-,14+,15+,17-/m0/s1. The third kappa shape index (κ3) is 4.82. The van der Waals surface area contributed by atoms with Crippen molar-refractivity contribution in [3.63, 3.8) is 0 Å². The van der Waals surface area contributed by atoms with Crippen LogP contribution in [0.3, 0.4) is 0 Å². The normalized spacial score (nSPS) is 42.5.